The van der Waals surface area contributed by atoms with Crippen molar-refractivity contribution in [2.75, 3.05) is 20.3 Å². The molecule has 0 aliphatic heterocycles. The van der Waals surface area contributed by atoms with E-state index in [0.29, 0.717) is 18.7 Å². The first-order chi connectivity index (χ1) is 16.2. The molecule has 7 heteroatoms. The highest BCUT2D eigenvalue weighted by Crippen LogP contribution is 2.20. The van der Waals surface area contributed by atoms with E-state index in [-0.39, 0.29) is 5.91 Å². The van der Waals surface area contributed by atoms with Crippen LogP contribution in [0, 0.1) is 0 Å². The van der Waals surface area contributed by atoms with E-state index in [0.717, 1.165) is 54.2 Å². The van der Waals surface area contributed by atoms with E-state index >= 15 is 0 Å². The van der Waals surface area contributed by atoms with Gasteiger partial charge in [0.15, 0.2) is 0 Å². The van der Waals surface area contributed by atoms with Gasteiger partial charge in [-0.1, -0.05) is 18.2 Å². The number of pyridine rings is 1. The first-order valence-electron chi connectivity index (χ1n) is 11.1. The lowest BCUT2D eigenvalue weighted by Gasteiger charge is -2.11. The highest BCUT2D eigenvalue weighted by molar-refractivity contribution is 5.93. The molecule has 7 nitrogen and oxygen atoms in total. The number of ether oxygens (including phenoxy) is 2. The fraction of sp³-hybridized carbons (Fsp3) is 0.269. The average Bonchev–Trinajstić information content (AvgIpc) is 3.22. The summed E-state index contributed by atoms with van der Waals surface area (Å²) in [7, 11) is 1.65. The molecule has 0 aliphatic rings. The molecule has 0 spiro atoms. The molecule has 4 aromatic rings. The summed E-state index contributed by atoms with van der Waals surface area (Å²) >= 11 is 0. The summed E-state index contributed by atoms with van der Waals surface area (Å²) in [6.07, 6.45) is 5.68. The zero-order valence-corrected chi connectivity index (χ0v) is 18.7. The van der Waals surface area contributed by atoms with Crippen LogP contribution in [0.5, 0.6) is 11.5 Å². The Hall–Kier alpha value is -3.87. The number of nitrogens with zero attached hydrogens (tertiary/aromatic N) is 3. The number of amides is 1. The number of benzene rings is 2. The molecular weight excluding hydrogens is 416 g/mol. The number of aryl methyl sites for hydroxylation is 2. The van der Waals surface area contributed by atoms with E-state index in [1.54, 1.807) is 31.6 Å². The number of rotatable bonds is 11. The number of carbonyl (C=O) groups excluding carboxylic acids is 1. The molecule has 0 fully saturated rings. The van der Waals surface area contributed by atoms with Gasteiger partial charge in [-0.25, -0.2) is 4.98 Å². The number of fused-ring (bicyclic) bond motifs is 1. The minimum absolute atomic E-state index is 0.0828. The van der Waals surface area contributed by atoms with Crippen LogP contribution in [-0.2, 0) is 13.0 Å². The minimum Gasteiger partial charge on any atom is -0.497 e. The molecule has 0 bridgehead atoms. The van der Waals surface area contributed by atoms with Gasteiger partial charge in [-0.2, -0.15) is 0 Å². The normalized spacial score (nSPS) is 10.8. The SMILES string of the molecule is COc1cccc(OCCCn2c(CCCNC(=O)c3ccncc3)nc3ccccc32)c1. The second-order valence-electron chi connectivity index (χ2n) is 7.64. The summed E-state index contributed by atoms with van der Waals surface area (Å²) in [5, 5.41) is 2.97. The molecule has 0 saturated carbocycles. The first-order valence-corrected chi connectivity index (χ1v) is 11.1. The maximum atomic E-state index is 12.2. The molecule has 2 aromatic heterocycles. The van der Waals surface area contributed by atoms with Gasteiger partial charge in [0.05, 0.1) is 24.8 Å². The largest absolute Gasteiger partial charge is 0.497 e. The number of aromatic nitrogens is 3. The lowest BCUT2D eigenvalue weighted by Crippen LogP contribution is -2.25. The van der Waals surface area contributed by atoms with E-state index in [2.05, 4.69) is 20.9 Å². The van der Waals surface area contributed by atoms with Crippen molar-refractivity contribution in [3.63, 3.8) is 0 Å². The maximum Gasteiger partial charge on any atom is 0.251 e. The van der Waals surface area contributed by atoms with E-state index in [9.17, 15) is 4.79 Å². The molecule has 4 rings (SSSR count). The van der Waals surface area contributed by atoms with Crippen LogP contribution in [-0.4, -0.2) is 40.7 Å². The third kappa shape index (κ3) is 5.88. The Morgan fingerprint density at radius 1 is 1.00 bits per heavy atom. The quantitative estimate of drug-likeness (QED) is 0.350. The van der Waals surface area contributed by atoms with E-state index in [4.69, 9.17) is 14.5 Å². The molecule has 0 radical (unpaired) electrons. The van der Waals surface area contributed by atoms with Crippen molar-refractivity contribution in [2.24, 2.45) is 0 Å². The zero-order valence-electron chi connectivity index (χ0n) is 18.7. The van der Waals surface area contributed by atoms with Gasteiger partial charge >= 0.3 is 0 Å². The molecule has 2 aromatic carbocycles. The van der Waals surface area contributed by atoms with Gasteiger partial charge < -0.3 is 19.4 Å². The summed E-state index contributed by atoms with van der Waals surface area (Å²) in [5.74, 6) is 2.53. The van der Waals surface area contributed by atoms with Gasteiger partial charge in [0, 0.05) is 43.5 Å². The molecule has 170 valence electrons. The predicted molar refractivity (Wildman–Crippen MR) is 128 cm³/mol. The summed E-state index contributed by atoms with van der Waals surface area (Å²) < 4.78 is 13.4. The monoisotopic (exact) mass is 444 g/mol. The Bertz CT molecular complexity index is 1190. The van der Waals surface area contributed by atoms with Crippen molar-refractivity contribution in [2.45, 2.75) is 25.8 Å². The summed E-state index contributed by atoms with van der Waals surface area (Å²) in [4.78, 5) is 21.0. The van der Waals surface area contributed by atoms with Crippen LogP contribution < -0.4 is 14.8 Å². The van der Waals surface area contributed by atoms with E-state index < -0.39 is 0 Å². The highest BCUT2D eigenvalue weighted by atomic mass is 16.5. The third-order valence-corrected chi connectivity index (χ3v) is 5.37. The molecule has 0 saturated heterocycles. The van der Waals surface area contributed by atoms with Crippen LogP contribution in [0.2, 0.25) is 0 Å². The lowest BCUT2D eigenvalue weighted by atomic mass is 10.2. The predicted octanol–water partition coefficient (Wildman–Crippen LogP) is 4.27. The number of nitrogens with one attached hydrogen (secondary N) is 1. The highest BCUT2D eigenvalue weighted by Gasteiger charge is 2.11. The Morgan fingerprint density at radius 2 is 1.82 bits per heavy atom. The van der Waals surface area contributed by atoms with Gasteiger partial charge in [-0.3, -0.25) is 9.78 Å². The van der Waals surface area contributed by atoms with Gasteiger partial charge in [0.1, 0.15) is 17.3 Å². The third-order valence-electron chi connectivity index (χ3n) is 5.37. The topological polar surface area (TPSA) is 78.3 Å². The van der Waals surface area contributed by atoms with E-state index in [1.807, 2.05) is 42.5 Å². The second-order valence-corrected chi connectivity index (χ2v) is 7.64. The van der Waals surface area contributed by atoms with Crippen molar-refractivity contribution < 1.29 is 14.3 Å². The van der Waals surface area contributed by atoms with Gasteiger partial charge in [0.25, 0.3) is 5.91 Å². The number of para-hydroxylation sites is 2. The molecule has 33 heavy (non-hydrogen) atoms. The van der Waals surface area contributed by atoms with Crippen LogP contribution in [0.15, 0.2) is 73.1 Å². The standard InChI is InChI=1S/C26H28N4O3/c1-32-21-7-4-8-22(19-21)33-18-6-17-30-24-10-3-2-9-23(24)29-25(30)11-5-14-28-26(31)20-12-15-27-16-13-20/h2-4,7-10,12-13,15-16,19H,5-6,11,14,17-18H2,1H3,(H,28,31). The average molecular weight is 445 g/mol. The van der Waals surface area contributed by atoms with Crippen LogP contribution in [0.3, 0.4) is 0 Å². The van der Waals surface area contributed by atoms with Crippen molar-refractivity contribution in [3.05, 3.63) is 84.4 Å². The van der Waals surface area contributed by atoms with Crippen molar-refractivity contribution >= 4 is 16.9 Å². The van der Waals surface area contributed by atoms with Crippen LogP contribution in [0.1, 0.15) is 29.0 Å². The van der Waals surface area contributed by atoms with Gasteiger partial charge in [-0.05, 0) is 49.2 Å². The van der Waals surface area contributed by atoms with Crippen molar-refractivity contribution in [1.29, 1.82) is 0 Å². The summed E-state index contributed by atoms with van der Waals surface area (Å²) in [5.41, 5.74) is 2.73. The fourth-order valence-electron chi connectivity index (χ4n) is 3.72. The molecular formula is C26H28N4O3. The number of carbonyl (C=O) groups is 1. The fourth-order valence-corrected chi connectivity index (χ4v) is 3.72. The Labute approximate surface area is 193 Å². The lowest BCUT2D eigenvalue weighted by molar-refractivity contribution is 0.0953. The number of methoxy groups -OCH3 is 1. The van der Waals surface area contributed by atoms with Crippen LogP contribution in [0.4, 0.5) is 0 Å². The summed E-state index contributed by atoms with van der Waals surface area (Å²) in [6.45, 7) is 1.99. The first kappa shape index (κ1) is 22.3. The minimum atomic E-state index is -0.0828. The molecule has 2 heterocycles. The Balaban J connectivity index is 1.32. The molecule has 0 aliphatic carbocycles. The molecule has 1 N–H and O–H groups in total. The van der Waals surface area contributed by atoms with Crippen LogP contribution >= 0.6 is 0 Å². The molecule has 0 atom stereocenters. The summed E-state index contributed by atoms with van der Waals surface area (Å²) in [6, 6.07) is 19.2. The smallest absolute Gasteiger partial charge is 0.251 e. The Kier molecular flexibility index (Phi) is 7.53. The molecule has 0 unspecified atom stereocenters. The number of hydrogen-bond donors (Lipinski definition) is 1. The Morgan fingerprint density at radius 3 is 2.67 bits per heavy atom. The zero-order chi connectivity index (χ0) is 22.9. The second kappa shape index (κ2) is 11.1. The number of hydrogen-bond acceptors (Lipinski definition) is 5. The van der Waals surface area contributed by atoms with Crippen molar-refractivity contribution in [1.82, 2.24) is 19.9 Å². The van der Waals surface area contributed by atoms with Gasteiger partial charge in [0.2, 0.25) is 0 Å². The molecule has 1 amide bonds. The number of imidazole rings is 1. The van der Waals surface area contributed by atoms with Crippen molar-refractivity contribution in [3.8, 4) is 11.5 Å². The van der Waals surface area contributed by atoms with Gasteiger partial charge in [-0.15, -0.1) is 0 Å². The van der Waals surface area contributed by atoms with Crippen LogP contribution in [0.25, 0.3) is 11.0 Å². The maximum absolute atomic E-state index is 12.2. The van der Waals surface area contributed by atoms with E-state index in [1.165, 1.54) is 0 Å².